The van der Waals surface area contributed by atoms with Crippen LogP contribution >= 0.6 is 0 Å². The summed E-state index contributed by atoms with van der Waals surface area (Å²) in [5.41, 5.74) is 0.375. The molecule has 1 saturated heterocycles. The van der Waals surface area contributed by atoms with Gasteiger partial charge in [-0.05, 0) is 33.6 Å². The number of nitrogens with zero attached hydrogens (tertiary/aromatic N) is 1. The van der Waals surface area contributed by atoms with Crippen LogP contribution in [0.15, 0.2) is 0 Å². The Morgan fingerprint density at radius 2 is 1.57 bits per heavy atom. The molecule has 1 rings (SSSR count). The lowest BCUT2D eigenvalue weighted by molar-refractivity contribution is 0.115. The maximum absolute atomic E-state index is 3.69. The summed E-state index contributed by atoms with van der Waals surface area (Å²) >= 11 is 0. The minimum absolute atomic E-state index is 0.375. The van der Waals surface area contributed by atoms with E-state index in [1.54, 1.807) is 0 Å². The highest BCUT2D eigenvalue weighted by Crippen LogP contribution is 2.23. The lowest BCUT2D eigenvalue weighted by Crippen LogP contribution is -2.54. The summed E-state index contributed by atoms with van der Waals surface area (Å²) in [4.78, 5) is 2.57. The van der Waals surface area contributed by atoms with Crippen LogP contribution in [-0.2, 0) is 0 Å². The molecular formula is C12H26N2. The SMILES string of the molecule is CC(C)NC1(C)CCN(C(C)C)CC1. The third kappa shape index (κ3) is 3.25. The van der Waals surface area contributed by atoms with E-state index in [1.807, 2.05) is 0 Å². The highest BCUT2D eigenvalue weighted by molar-refractivity contribution is 4.90. The summed E-state index contributed by atoms with van der Waals surface area (Å²) in [6.07, 6.45) is 2.56. The molecule has 0 bridgehead atoms. The van der Waals surface area contributed by atoms with E-state index < -0.39 is 0 Å². The number of likely N-dealkylation sites (tertiary alicyclic amines) is 1. The fourth-order valence-electron chi connectivity index (χ4n) is 2.38. The number of rotatable bonds is 3. The van der Waals surface area contributed by atoms with Crippen molar-refractivity contribution >= 4 is 0 Å². The van der Waals surface area contributed by atoms with Crippen molar-refractivity contribution in [2.75, 3.05) is 13.1 Å². The average Bonchev–Trinajstić information content (AvgIpc) is 2.02. The van der Waals surface area contributed by atoms with E-state index in [2.05, 4.69) is 44.8 Å². The zero-order valence-electron chi connectivity index (χ0n) is 10.4. The minimum Gasteiger partial charge on any atom is -0.309 e. The summed E-state index contributed by atoms with van der Waals surface area (Å²) in [7, 11) is 0. The van der Waals surface area contributed by atoms with Crippen LogP contribution in [0.1, 0.15) is 47.5 Å². The fourth-order valence-corrected chi connectivity index (χ4v) is 2.38. The van der Waals surface area contributed by atoms with Crippen molar-refractivity contribution in [2.45, 2.75) is 65.1 Å². The van der Waals surface area contributed by atoms with Crippen LogP contribution in [0.3, 0.4) is 0 Å². The Bertz CT molecular complexity index is 167. The van der Waals surface area contributed by atoms with Crippen molar-refractivity contribution in [3.63, 3.8) is 0 Å². The lowest BCUT2D eigenvalue weighted by Gasteiger charge is -2.42. The monoisotopic (exact) mass is 198 g/mol. The number of hydrogen-bond donors (Lipinski definition) is 1. The zero-order chi connectivity index (χ0) is 10.8. The first-order valence-electron chi connectivity index (χ1n) is 5.95. The molecule has 0 aromatic heterocycles. The molecule has 2 heteroatoms. The van der Waals surface area contributed by atoms with Crippen molar-refractivity contribution in [2.24, 2.45) is 0 Å². The number of piperidine rings is 1. The summed E-state index contributed by atoms with van der Waals surface area (Å²) in [5.74, 6) is 0. The van der Waals surface area contributed by atoms with E-state index >= 15 is 0 Å². The van der Waals surface area contributed by atoms with Gasteiger partial charge in [-0.3, -0.25) is 0 Å². The molecule has 0 saturated carbocycles. The van der Waals surface area contributed by atoms with Gasteiger partial charge in [0.2, 0.25) is 0 Å². The number of nitrogens with one attached hydrogen (secondary N) is 1. The van der Waals surface area contributed by atoms with Crippen LogP contribution in [0.5, 0.6) is 0 Å². The van der Waals surface area contributed by atoms with Gasteiger partial charge in [-0.15, -0.1) is 0 Å². The molecule has 0 atom stereocenters. The van der Waals surface area contributed by atoms with E-state index in [-0.39, 0.29) is 0 Å². The first kappa shape index (κ1) is 12.0. The van der Waals surface area contributed by atoms with Crippen LogP contribution < -0.4 is 5.32 Å². The Labute approximate surface area is 89.1 Å². The van der Waals surface area contributed by atoms with Crippen molar-refractivity contribution in [1.82, 2.24) is 10.2 Å². The molecule has 0 radical (unpaired) electrons. The molecule has 1 heterocycles. The molecule has 0 aromatic carbocycles. The Morgan fingerprint density at radius 1 is 1.07 bits per heavy atom. The van der Waals surface area contributed by atoms with Gasteiger partial charge in [-0.2, -0.15) is 0 Å². The molecule has 2 nitrogen and oxygen atoms in total. The Kier molecular flexibility index (Phi) is 3.96. The largest absolute Gasteiger partial charge is 0.309 e. The maximum Gasteiger partial charge on any atom is 0.0180 e. The molecule has 1 aliphatic heterocycles. The van der Waals surface area contributed by atoms with Crippen LogP contribution in [0.2, 0.25) is 0 Å². The quantitative estimate of drug-likeness (QED) is 0.748. The first-order valence-corrected chi connectivity index (χ1v) is 5.95. The topological polar surface area (TPSA) is 15.3 Å². The van der Waals surface area contributed by atoms with E-state index in [0.29, 0.717) is 17.6 Å². The highest BCUT2D eigenvalue weighted by atomic mass is 15.2. The van der Waals surface area contributed by atoms with E-state index in [4.69, 9.17) is 0 Å². The number of hydrogen-bond acceptors (Lipinski definition) is 2. The summed E-state index contributed by atoms with van der Waals surface area (Å²) in [6, 6.07) is 1.31. The molecule has 14 heavy (non-hydrogen) atoms. The van der Waals surface area contributed by atoms with E-state index in [9.17, 15) is 0 Å². The van der Waals surface area contributed by atoms with Gasteiger partial charge in [0.1, 0.15) is 0 Å². The molecule has 84 valence electrons. The smallest absolute Gasteiger partial charge is 0.0180 e. The van der Waals surface area contributed by atoms with Gasteiger partial charge in [0.15, 0.2) is 0 Å². The Balaban J connectivity index is 2.41. The van der Waals surface area contributed by atoms with Gasteiger partial charge in [-0.1, -0.05) is 13.8 Å². The van der Waals surface area contributed by atoms with Gasteiger partial charge >= 0.3 is 0 Å². The fraction of sp³-hybridized carbons (Fsp3) is 1.00. The van der Waals surface area contributed by atoms with Crippen molar-refractivity contribution in [1.29, 1.82) is 0 Å². The maximum atomic E-state index is 3.69. The molecule has 0 aliphatic carbocycles. The molecule has 1 fully saturated rings. The molecule has 1 aliphatic rings. The van der Waals surface area contributed by atoms with Gasteiger partial charge < -0.3 is 10.2 Å². The standard InChI is InChI=1S/C12H26N2/c1-10(2)13-12(5)6-8-14(9-7-12)11(3)4/h10-11,13H,6-9H2,1-5H3. The highest BCUT2D eigenvalue weighted by Gasteiger charge is 2.30. The van der Waals surface area contributed by atoms with Crippen molar-refractivity contribution in [3.05, 3.63) is 0 Å². The van der Waals surface area contributed by atoms with Crippen LogP contribution in [-0.4, -0.2) is 35.6 Å². The van der Waals surface area contributed by atoms with Crippen LogP contribution in [0.25, 0.3) is 0 Å². The second kappa shape index (κ2) is 4.63. The normalized spacial score (nSPS) is 23.4. The third-order valence-corrected chi connectivity index (χ3v) is 3.27. The van der Waals surface area contributed by atoms with Gasteiger partial charge in [0.05, 0.1) is 0 Å². The third-order valence-electron chi connectivity index (χ3n) is 3.27. The van der Waals surface area contributed by atoms with Crippen molar-refractivity contribution < 1.29 is 0 Å². The molecule has 1 N–H and O–H groups in total. The second-order valence-corrected chi connectivity index (χ2v) is 5.49. The molecule has 0 amide bonds. The summed E-state index contributed by atoms with van der Waals surface area (Å²) < 4.78 is 0. The van der Waals surface area contributed by atoms with Gasteiger partial charge in [0, 0.05) is 30.7 Å². The average molecular weight is 198 g/mol. The Hall–Kier alpha value is -0.0800. The predicted octanol–water partition coefficient (Wildman–Crippen LogP) is 2.25. The van der Waals surface area contributed by atoms with Crippen LogP contribution in [0, 0.1) is 0 Å². The molecule has 0 aromatic rings. The molecule has 0 unspecified atom stereocenters. The summed E-state index contributed by atoms with van der Waals surface area (Å²) in [5, 5.41) is 3.69. The van der Waals surface area contributed by atoms with E-state index in [0.717, 1.165) is 0 Å². The molecule has 0 spiro atoms. The Morgan fingerprint density at radius 3 is 1.93 bits per heavy atom. The van der Waals surface area contributed by atoms with Gasteiger partial charge in [0.25, 0.3) is 0 Å². The van der Waals surface area contributed by atoms with Crippen LogP contribution in [0.4, 0.5) is 0 Å². The molecular weight excluding hydrogens is 172 g/mol. The second-order valence-electron chi connectivity index (χ2n) is 5.49. The van der Waals surface area contributed by atoms with Crippen molar-refractivity contribution in [3.8, 4) is 0 Å². The summed E-state index contributed by atoms with van der Waals surface area (Å²) in [6.45, 7) is 13.9. The van der Waals surface area contributed by atoms with Gasteiger partial charge in [-0.25, -0.2) is 0 Å². The predicted molar refractivity (Wildman–Crippen MR) is 62.6 cm³/mol. The lowest BCUT2D eigenvalue weighted by atomic mass is 9.88. The zero-order valence-corrected chi connectivity index (χ0v) is 10.4. The minimum atomic E-state index is 0.375. The van der Waals surface area contributed by atoms with E-state index in [1.165, 1.54) is 25.9 Å². The first-order chi connectivity index (χ1) is 6.43.